The molecule has 0 radical (unpaired) electrons. The molecule has 1 aromatic carbocycles. The van der Waals surface area contributed by atoms with Gasteiger partial charge in [0.1, 0.15) is 0 Å². The Morgan fingerprint density at radius 1 is 1.20 bits per heavy atom. The molecule has 0 N–H and O–H groups in total. The molecular weight excluding hydrogens is 275 g/mol. The quantitative estimate of drug-likeness (QED) is 0.715. The van der Waals surface area contributed by atoms with Crippen LogP contribution in [0.4, 0.5) is 0 Å². The van der Waals surface area contributed by atoms with Crippen molar-refractivity contribution in [1.82, 2.24) is 0 Å². The number of carbonyl (C=O) groups excluding carboxylic acids is 1. The van der Waals surface area contributed by atoms with Gasteiger partial charge in [-0.15, -0.1) is 0 Å². The molecule has 1 heterocycles. The first-order chi connectivity index (χ1) is 9.63. The molecule has 0 aromatic heterocycles. The van der Waals surface area contributed by atoms with Crippen molar-refractivity contribution in [3.05, 3.63) is 35.9 Å². The molecule has 5 heteroatoms. The molecule has 110 valence electrons. The molecule has 2 rings (SSSR count). The van der Waals surface area contributed by atoms with Crippen molar-refractivity contribution in [2.45, 2.75) is 45.1 Å². The lowest BCUT2D eigenvalue weighted by Crippen LogP contribution is -2.15. The molecule has 2 atom stereocenters. The summed E-state index contributed by atoms with van der Waals surface area (Å²) in [7, 11) is -3.21. The molecule has 1 unspecified atom stereocenters. The van der Waals surface area contributed by atoms with Gasteiger partial charge in [-0.3, -0.25) is 4.52 Å². The van der Waals surface area contributed by atoms with Gasteiger partial charge in [-0.1, -0.05) is 50.1 Å². The predicted octanol–water partition coefficient (Wildman–Crippen LogP) is 3.94. The highest BCUT2D eigenvalue weighted by molar-refractivity contribution is 7.54. The van der Waals surface area contributed by atoms with Crippen molar-refractivity contribution < 1.29 is 18.4 Å². The number of hydrogen-bond acceptors (Lipinski definition) is 4. The molecule has 0 spiro atoms. The van der Waals surface area contributed by atoms with Crippen LogP contribution in [0.3, 0.4) is 0 Å². The van der Waals surface area contributed by atoms with Gasteiger partial charge in [0, 0.05) is 0 Å². The monoisotopic (exact) mass is 296 g/mol. The van der Waals surface area contributed by atoms with Crippen molar-refractivity contribution in [3.63, 3.8) is 0 Å². The summed E-state index contributed by atoms with van der Waals surface area (Å²) in [5, 5.41) is 0. The molecule has 1 fully saturated rings. The molecule has 4 nitrogen and oxygen atoms in total. The summed E-state index contributed by atoms with van der Waals surface area (Å²) in [6.07, 6.45) is 3.63. The fraction of sp³-hybridized carbons (Fsp3) is 0.533. The predicted molar refractivity (Wildman–Crippen MR) is 77.7 cm³/mol. The smallest absolute Gasteiger partial charge is 0.382 e. The van der Waals surface area contributed by atoms with Crippen molar-refractivity contribution in [1.29, 1.82) is 0 Å². The van der Waals surface area contributed by atoms with Gasteiger partial charge in [0.05, 0.1) is 6.16 Å². The van der Waals surface area contributed by atoms with Crippen LogP contribution < -0.4 is 0 Å². The van der Waals surface area contributed by atoms with Gasteiger partial charge in [0.2, 0.25) is 0 Å². The van der Waals surface area contributed by atoms with Gasteiger partial charge in [-0.25, -0.2) is 9.36 Å². The molecule has 0 saturated carbocycles. The number of aryl methyl sites for hydroxylation is 1. The van der Waals surface area contributed by atoms with E-state index in [1.807, 2.05) is 37.3 Å². The molecule has 0 aliphatic carbocycles. The largest absolute Gasteiger partial charge is 0.390 e. The minimum Gasteiger partial charge on any atom is -0.390 e. The first-order valence-electron chi connectivity index (χ1n) is 7.18. The Bertz CT molecular complexity index is 486. The standard InChI is InChI=1S/C15H21O4P/c1-2-3-11-14-15(16)19-20(17,18-14)12-7-10-13-8-5-4-6-9-13/h4-6,8-9,14H,2-3,7,10-12H2,1H3/t14-,20?/m1/s1. The third-order valence-corrected chi connectivity index (χ3v) is 5.24. The summed E-state index contributed by atoms with van der Waals surface area (Å²) < 4.78 is 22.7. The van der Waals surface area contributed by atoms with Crippen molar-refractivity contribution in [2.24, 2.45) is 0 Å². The Morgan fingerprint density at radius 2 is 1.95 bits per heavy atom. The Labute approximate surface area is 120 Å². The van der Waals surface area contributed by atoms with Crippen molar-refractivity contribution in [3.8, 4) is 0 Å². The number of rotatable bonds is 7. The SMILES string of the molecule is CCCC[C@H]1OP(=O)(CCCc2ccccc2)OC1=O. The highest BCUT2D eigenvalue weighted by Crippen LogP contribution is 2.55. The molecule has 0 amide bonds. The minimum atomic E-state index is -3.21. The van der Waals surface area contributed by atoms with Gasteiger partial charge in [-0.05, 0) is 24.8 Å². The van der Waals surface area contributed by atoms with Gasteiger partial charge in [-0.2, -0.15) is 0 Å². The Morgan fingerprint density at radius 3 is 2.65 bits per heavy atom. The van der Waals surface area contributed by atoms with Crippen molar-refractivity contribution in [2.75, 3.05) is 6.16 Å². The summed E-state index contributed by atoms with van der Waals surface area (Å²) in [6, 6.07) is 9.98. The Kier molecular flexibility index (Phi) is 5.38. The lowest BCUT2D eigenvalue weighted by Gasteiger charge is -2.09. The average Bonchev–Trinajstić information content (AvgIpc) is 2.72. The van der Waals surface area contributed by atoms with Crippen molar-refractivity contribution >= 4 is 13.6 Å². The molecule has 1 aliphatic rings. The highest BCUT2D eigenvalue weighted by Gasteiger charge is 2.43. The van der Waals surface area contributed by atoms with E-state index in [4.69, 9.17) is 9.05 Å². The molecule has 1 saturated heterocycles. The number of unbranched alkanes of at least 4 members (excludes halogenated alkanes) is 1. The first kappa shape index (κ1) is 15.3. The average molecular weight is 296 g/mol. The number of hydrogen-bond donors (Lipinski definition) is 0. The van der Waals surface area contributed by atoms with Crippen LogP contribution in [0.15, 0.2) is 30.3 Å². The van der Waals surface area contributed by atoms with E-state index in [0.29, 0.717) is 19.0 Å². The normalized spacial score (nSPS) is 25.6. The van der Waals surface area contributed by atoms with E-state index in [0.717, 1.165) is 19.3 Å². The molecule has 1 aliphatic heterocycles. The van der Waals surface area contributed by atoms with Crippen LogP contribution in [0.2, 0.25) is 0 Å². The maximum atomic E-state index is 12.3. The van der Waals surface area contributed by atoms with E-state index in [1.165, 1.54) is 5.56 Å². The summed E-state index contributed by atoms with van der Waals surface area (Å²) in [5.41, 5.74) is 1.19. The fourth-order valence-corrected chi connectivity index (χ4v) is 3.99. The Balaban J connectivity index is 1.81. The van der Waals surface area contributed by atoms with Crippen LogP contribution in [0.1, 0.15) is 38.2 Å². The lowest BCUT2D eigenvalue weighted by molar-refractivity contribution is -0.136. The summed E-state index contributed by atoms with van der Waals surface area (Å²) in [5.74, 6) is -0.457. The maximum absolute atomic E-state index is 12.3. The summed E-state index contributed by atoms with van der Waals surface area (Å²) in [4.78, 5) is 11.6. The number of benzene rings is 1. The van der Waals surface area contributed by atoms with E-state index in [1.54, 1.807) is 0 Å². The first-order valence-corrected chi connectivity index (χ1v) is 8.90. The van der Waals surface area contributed by atoms with E-state index in [2.05, 4.69) is 0 Å². The van der Waals surface area contributed by atoms with Crippen LogP contribution >= 0.6 is 7.60 Å². The highest BCUT2D eigenvalue weighted by atomic mass is 31.2. The van der Waals surface area contributed by atoms with Crippen LogP contribution in [0.25, 0.3) is 0 Å². The van der Waals surface area contributed by atoms with E-state index < -0.39 is 19.7 Å². The van der Waals surface area contributed by atoms with E-state index in [-0.39, 0.29) is 0 Å². The number of carbonyl (C=O) groups is 1. The minimum absolute atomic E-state index is 0.302. The second-order valence-electron chi connectivity index (χ2n) is 5.07. The van der Waals surface area contributed by atoms with Gasteiger partial charge >= 0.3 is 13.6 Å². The zero-order valence-corrected chi connectivity index (χ0v) is 12.7. The van der Waals surface area contributed by atoms with Crippen LogP contribution in [-0.4, -0.2) is 18.2 Å². The van der Waals surface area contributed by atoms with E-state index >= 15 is 0 Å². The molecular formula is C15H21O4P. The summed E-state index contributed by atoms with van der Waals surface area (Å²) >= 11 is 0. The summed E-state index contributed by atoms with van der Waals surface area (Å²) in [6.45, 7) is 2.04. The van der Waals surface area contributed by atoms with Gasteiger partial charge in [0.25, 0.3) is 0 Å². The Hall–Kier alpha value is -1.12. The lowest BCUT2D eigenvalue weighted by atomic mass is 10.1. The van der Waals surface area contributed by atoms with Gasteiger partial charge in [0.15, 0.2) is 6.10 Å². The third kappa shape index (κ3) is 4.19. The second-order valence-corrected chi connectivity index (χ2v) is 7.13. The van der Waals surface area contributed by atoms with E-state index in [9.17, 15) is 9.36 Å². The molecule has 20 heavy (non-hydrogen) atoms. The van der Waals surface area contributed by atoms with Crippen LogP contribution in [0.5, 0.6) is 0 Å². The van der Waals surface area contributed by atoms with Crippen LogP contribution in [-0.2, 0) is 24.8 Å². The zero-order chi connectivity index (χ0) is 14.4. The zero-order valence-electron chi connectivity index (χ0n) is 11.8. The fourth-order valence-electron chi connectivity index (χ4n) is 2.23. The molecule has 0 bridgehead atoms. The van der Waals surface area contributed by atoms with Gasteiger partial charge < -0.3 is 4.52 Å². The van der Waals surface area contributed by atoms with Crippen LogP contribution in [0, 0.1) is 0 Å². The third-order valence-electron chi connectivity index (χ3n) is 3.34. The molecule has 1 aromatic rings. The topological polar surface area (TPSA) is 52.6 Å². The maximum Gasteiger partial charge on any atom is 0.382 e. The second kappa shape index (κ2) is 7.05.